The quantitative estimate of drug-likeness (QED) is 0.565. The molecule has 3 rings (SSSR count). The van der Waals surface area contributed by atoms with Crippen LogP contribution in [0.25, 0.3) is 22.0 Å². The van der Waals surface area contributed by atoms with Crippen LogP contribution in [0.1, 0.15) is 0 Å². The predicted molar refractivity (Wildman–Crippen MR) is 68.1 cm³/mol. The summed E-state index contributed by atoms with van der Waals surface area (Å²) in [7, 11) is 0. The van der Waals surface area contributed by atoms with Crippen LogP contribution in [0.5, 0.6) is 0 Å². The maximum atomic E-state index is 13.1. The summed E-state index contributed by atoms with van der Waals surface area (Å²) in [6.07, 6.45) is 3.16. The molecular formula is C13H8FN3O2. The van der Waals surface area contributed by atoms with Gasteiger partial charge in [0.1, 0.15) is 12.0 Å². The molecule has 5 nitrogen and oxygen atoms in total. The van der Waals surface area contributed by atoms with E-state index in [1.165, 1.54) is 24.4 Å². The first-order valence-corrected chi connectivity index (χ1v) is 5.52. The van der Waals surface area contributed by atoms with Crippen LogP contribution in [0.3, 0.4) is 0 Å². The number of nitro groups is 1. The SMILES string of the molecule is O=[N+]([O-])c1ccc(-c2c[nH]c3cc(F)ccc23)cn1. The van der Waals surface area contributed by atoms with Gasteiger partial charge in [0.2, 0.25) is 0 Å². The molecule has 0 aliphatic carbocycles. The summed E-state index contributed by atoms with van der Waals surface area (Å²) in [5.41, 5.74) is 2.24. The van der Waals surface area contributed by atoms with Gasteiger partial charge in [0.15, 0.2) is 0 Å². The van der Waals surface area contributed by atoms with Crippen molar-refractivity contribution in [3.63, 3.8) is 0 Å². The van der Waals surface area contributed by atoms with E-state index < -0.39 is 4.92 Å². The molecule has 6 heteroatoms. The van der Waals surface area contributed by atoms with E-state index in [-0.39, 0.29) is 11.6 Å². The second-order valence-corrected chi connectivity index (χ2v) is 4.05. The fourth-order valence-electron chi connectivity index (χ4n) is 1.99. The molecule has 0 saturated heterocycles. The number of aromatic nitrogens is 2. The number of aromatic amines is 1. The number of H-pyrrole nitrogens is 1. The van der Waals surface area contributed by atoms with Crippen LogP contribution < -0.4 is 0 Å². The van der Waals surface area contributed by atoms with Crippen molar-refractivity contribution in [3.05, 3.63) is 58.7 Å². The highest BCUT2D eigenvalue weighted by Gasteiger charge is 2.11. The van der Waals surface area contributed by atoms with E-state index >= 15 is 0 Å². The van der Waals surface area contributed by atoms with Crippen LogP contribution in [0.2, 0.25) is 0 Å². The molecule has 0 spiro atoms. The van der Waals surface area contributed by atoms with E-state index in [0.29, 0.717) is 5.52 Å². The lowest BCUT2D eigenvalue weighted by Gasteiger charge is -1.97. The van der Waals surface area contributed by atoms with Crippen molar-refractivity contribution in [1.29, 1.82) is 0 Å². The Labute approximate surface area is 106 Å². The summed E-state index contributed by atoms with van der Waals surface area (Å²) < 4.78 is 13.1. The molecule has 0 atom stereocenters. The Hall–Kier alpha value is -2.76. The lowest BCUT2D eigenvalue weighted by molar-refractivity contribution is -0.389. The minimum Gasteiger partial charge on any atom is -0.360 e. The molecule has 2 heterocycles. The first-order chi connectivity index (χ1) is 9.15. The van der Waals surface area contributed by atoms with Crippen molar-refractivity contribution in [2.24, 2.45) is 0 Å². The Morgan fingerprint density at radius 2 is 2.11 bits per heavy atom. The van der Waals surface area contributed by atoms with E-state index in [9.17, 15) is 14.5 Å². The molecule has 19 heavy (non-hydrogen) atoms. The molecular weight excluding hydrogens is 249 g/mol. The number of rotatable bonds is 2. The summed E-state index contributed by atoms with van der Waals surface area (Å²) in [4.78, 5) is 16.7. The third-order valence-corrected chi connectivity index (χ3v) is 2.89. The largest absolute Gasteiger partial charge is 0.363 e. The van der Waals surface area contributed by atoms with Crippen LogP contribution in [0, 0.1) is 15.9 Å². The minimum absolute atomic E-state index is 0.199. The van der Waals surface area contributed by atoms with Crippen LogP contribution in [-0.4, -0.2) is 14.9 Å². The highest BCUT2D eigenvalue weighted by atomic mass is 19.1. The van der Waals surface area contributed by atoms with Gasteiger partial charge in [-0.15, -0.1) is 0 Å². The maximum absolute atomic E-state index is 13.1. The molecule has 94 valence electrons. The number of halogens is 1. The van der Waals surface area contributed by atoms with Crippen molar-refractivity contribution >= 4 is 16.7 Å². The molecule has 2 aromatic heterocycles. The van der Waals surface area contributed by atoms with Gasteiger partial charge in [-0.25, -0.2) is 4.39 Å². The zero-order valence-electron chi connectivity index (χ0n) is 9.63. The molecule has 0 saturated carbocycles. The van der Waals surface area contributed by atoms with Gasteiger partial charge in [-0.3, -0.25) is 0 Å². The zero-order valence-corrected chi connectivity index (χ0v) is 9.63. The number of benzene rings is 1. The molecule has 0 radical (unpaired) electrons. The van der Waals surface area contributed by atoms with Crippen molar-refractivity contribution in [2.45, 2.75) is 0 Å². The van der Waals surface area contributed by atoms with Gasteiger partial charge in [0.25, 0.3) is 0 Å². The number of fused-ring (bicyclic) bond motifs is 1. The number of pyridine rings is 1. The van der Waals surface area contributed by atoms with Crippen molar-refractivity contribution in [3.8, 4) is 11.1 Å². The number of nitrogens with zero attached hydrogens (tertiary/aromatic N) is 2. The predicted octanol–water partition coefficient (Wildman–Crippen LogP) is 3.28. The molecule has 3 aromatic rings. The van der Waals surface area contributed by atoms with Gasteiger partial charge >= 0.3 is 5.82 Å². The van der Waals surface area contributed by atoms with Gasteiger partial charge in [-0.1, -0.05) is 0 Å². The maximum Gasteiger partial charge on any atom is 0.363 e. The first kappa shape index (κ1) is 11.3. The molecule has 0 bridgehead atoms. The molecule has 1 aromatic carbocycles. The van der Waals surface area contributed by atoms with Crippen molar-refractivity contribution in [1.82, 2.24) is 9.97 Å². The van der Waals surface area contributed by atoms with E-state index in [1.807, 2.05) is 0 Å². The Morgan fingerprint density at radius 1 is 1.26 bits per heavy atom. The third-order valence-electron chi connectivity index (χ3n) is 2.89. The molecule has 1 N–H and O–H groups in total. The average Bonchev–Trinajstić information content (AvgIpc) is 2.81. The summed E-state index contributed by atoms with van der Waals surface area (Å²) >= 11 is 0. The summed E-state index contributed by atoms with van der Waals surface area (Å²) in [5, 5.41) is 11.4. The number of hydrogen-bond acceptors (Lipinski definition) is 3. The van der Waals surface area contributed by atoms with Crippen LogP contribution in [0.4, 0.5) is 10.2 Å². The van der Waals surface area contributed by atoms with Crippen molar-refractivity contribution in [2.75, 3.05) is 0 Å². The highest BCUT2D eigenvalue weighted by molar-refractivity contribution is 5.95. The zero-order chi connectivity index (χ0) is 13.4. The Balaban J connectivity index is 2.11. The van der Waals surface area contributed by atoms with Gasteiger partial charge in [0, 0.05) is 34.3 Å². The smallest absolute Gasteiger partial charge is 0.360 e. The Kier molecular flexibility index (Phi) is 2.49. The average molecular weight is 257 g/mol. The van der Waals surface area contributed by atoms with Gasteiger partial charge in [-0.05, 0) is 34.2 Å². The molecule has 0 unspecified atom stereocenters. The monoisotopic (exact) mass is 257 g/mol. The molecule has 0 aliphatic heterocycles. The lowest BCUT2D eigenvalue weighted by atomic mass is 10.1. The van der Waals surface area contributed by atoms with Gasteiger partial charge < -0.3 is 15.1 Å². The first-order valence-electron chi connectivity index (χ1n) is 5.52. The van der Waals surface area contributed by atoms with E-state index in [0.717, 1.165) is 16.5 Å². The topological polar surface area (TPSA) is 71.8 Å². The summed E-state index contributed by atoms with van der Waals surface area (Å²) in [6.45, 7) is 0. The van der Waals surface area contributed by atoms with E-state index in [4.69, 9.17) is 0 Å². The second kappa shape index (κ2) is 4.16. The summed E-state index contributed by atoms with van der Waals surface area (Å²) in [5.74, 6) is -0.516. The van der Waals surface area contributed by atoms with Gasteiger partial charge in [-0.2, -0.15) is 0 Å². The fraction of sp³-hybridized carbons (Fsp3) is 0. The third kappa shape index (κ3) is 1.93. The Bertz CT molecular complexity index is 765. The van der Waals surface area contributed by atoms with E-state index in [2.05, 4.69) is 9.97 Å². The standard InChI is InChI=1S/C13H8FN3O2/c14-9-2-3-10-11(7-15-12(10)5-9)8-1-4-13(16-6-8)17(18)19/h1-7,15H. The normalized spacial score (nSPS) is 10.8. The molecule has 0 amide bonds. The molecule has 0 aliphatic rings. The Morgan fingerprint density at radius 3 is 2.79 bits per heavy atom. The number of hydrogen-bond donors (Lipinski definition) is 1. The van der Waals surface area contributed by atoms with Crippen LogP contribution in [-0.2, 0) is 0 Å². The van der Waals surface area contributed by atoms with E-state index in [1.54, 1.807) is 18.3 Å². The minimum atomic E-state index is -0.547. The lowest BCUT2D eigenvalue weighted by Crippen LogP contribution is -1.91. The number of nitrogens with one attached hydrogen (secondary N) is 1. The van der Waals surface area contributed by atoms with Crippen LogP contribution in [0.15, 0.2) is 42.7 Å². The highest BCUT2D eigenvalue weighted by Crippen LogP contribution is 2.29. The second-order valence-electron chi connectivity index (χ2n) is 4.05. The van der Waals surface area contributed by atoms with Crippen LogP contribution >= 0.6 is 0 Å². The van der Waals surface area contributed by atoms with Crippen molar-refractivity contribution < 1.29 is 9.31 Å². The fourth-order valence-corrected chi connectivity index (χ4v) is 1.99. The molecule has 0 fully saturated rings. The van der Waals surface area contributed by atoms with Gasteiger partial charge in [0.05, 0.1) is 0 Å². The summed E-state index contributed by atoms with van der Waals surface area (Å²) in [6, 6.07) is 7.41.